The lowest BCUT2D eigenvalue weighted by atomic mass is 9.79. The third-order valence-electron chi connectivity index (χ3n) is 7.25. The topological polar surface area (TPSA) is 62.7 Å². The van der Waals surface area contributed by atoms with Gasteiger partial charge in [0.25, 0.3) is 0 Å². The van der Waals surface area contributed by atoms with Crippen molar-refractivity contribution < 1.29 is 14.6 Å². The van der Waals surface area contributed by atoms with Crippen molar-refractivity contribution in [3.63, 3.8) is 0 Å². The molecule has 2 atom stereocenters. The first-order valence-electron chi connectivity index (χ1n) is 12.5. The van der Waals surface area contributed by atoms with Gasteiger partial charge in [-0.05, 0) is 98.8 Å². The largest absolute Gasteiger partial charge is 0.497 e. The van der Waals surface area contributed by atoms with Gasteiger partial charge in [0, 0.05) is 24.5 Å². The molecule has 0 radical (unpaired) electrons. The summed E-state index contributed by atoms with van der Waals surface area (Å²) in [4.78, 5) is 18.6. The molecule has 0 aliphatic carbocycles. The summed E-state index contributed by atoms with van der Waals surface area (Å²) in [6.07, 6.45) is 8.55. The fourth-order valence-electron chi connectivity index (χ4n) is 5.43. The van der Waals surface area contributed by atoms with E-state index >= 15 is 0 Å². The van der Waals surface area contributed by atoms with Gasteiger partial charge in [-0.15, -0.1) is 0 Å². The van der Waals surface area contributed by atoms with Gasteiger partial charge in [0.1, 0.15) is 5.75 Å². The predicted octanol–water partition coefficient (Wildman–Crippen LogP) is 5.61. The van der Waals surface area contributed by atoms with Crippen LogP contribution in [0.1, 0.15) is 43.2 Å². The number of methoxy groups -OCH3 is 1. The standard InChI is InChI=1S/C29H36N2O3/c1-34-26-12-13-28-27(20-26)24(14-16-30-28)11-5-10-23-15-18-31(21-25(23)19-29(32)33)17-6-9-22-7-3-2-4-8-22/h2-4,7-8,12-14,16,20,23,25H,5-6,9-11,15,17-19,21H2,1H3,(H,32,33)/t23-,25+/m1/s1. The molecule has 0 saturated carbocycles. The van der Waals surface area contributed by atoms with Crippen molar-refractivity contribution in [2.75, 3.05) is 26.7 Å². The highest BCUT2D eigenvalue weighted by Crippen LogP contribution is 2.32. The number of carboxylic acids is 1. The second-order valence-corrected chi connectivity index (χ2v) is 9.54. The van der Waals surface area contributed by atoms with Gasteiger partial charge in [-0.2, -0.15) is 0 Å². The van der Waals surface area contributed by atoms with Crippen LogP contribution in [0.3, 0.4) is 0 Å². The zero-order valence-electron chi connectivity index (χ0n) is 20.2. The number of rotatable bonds is 11. The van der Waals surface area contributed by atoms with Crippen LogP contribution in [-0.4, -0.2) is 47.7 Å². The number of benzene rings is 2. The summed E-state index contributed by atoms with van der Waals surface area (Å²) in [5.74, 6) is 0.887. The van der Waals surface area contributed by atoms with Crippen molar-refractivity contribution in [2.24, 2.45) is 11.8 Å². The van der Waals surface area contributed by atoms with Crippen LogP contribution in [-0.2, 0) is 17.6 Å². The van der Waals surface area contributed by atoms with Crippen LogP contribution >= 0.6 is 0 Å². The van der Waals surface area contributed by atoms with Crippen LogP contribution in [0.15, 0.2) is 60.8 Å². The zero-order valence-corrected chi connectivity index (χ0v) is 20.2. The highest BCUT2D eigenvalue weighted by atomic mass is 16.5. The number of ether oxygens (including phenoxy) is 1. The van der Waals surface area contributed by atoms with Gasteiger partial charge in [-0.25, -0.2) is 0 Å². The molecule has 0 spiro atoms. The molecule has 0 amide bonds. The van der Waals surface area contributed by atoms with Gasteiger partial charge in [0.05, 0.1) is 12.6 Å². The second-order valence-electron chi connectivity index (χ2n) is 9.54. The molecule has 5 nitrogen and oxygen atoms in total. The molecular formula is C29H36N2O3. The van der Waals surface area contributed by atoms with Crippen LogP contribution in [0.2, 0.25) is 0 Å². The smallest absolute Gasteiger partial charge is 0.303 e. The summed E-state index contributed by atoms with van der Waals surface area (Å²) < 4.78 is 5.40. The fraction of sp³-hybridized carbons (Fsp3) is 0.448. The van der Waals surface area contributed by atoms with E-state index in [4.69, 9.17) is 4.74 Å². The van der Waals surface area contributed by atoms with Crippen LogP contribution in [0, 0.1) is 11.8 Å². The van der Waals surface area contributed by atoms with E-state index in [9.17, 15) is 9.90 Å². The number of nitrogens with zero attached hydrogens (tertiary/aromatic N) is 2. The number of aliphatic carboxylic acids is 1. The third kappa shape index (κ3) is 6.57. The van der Waals surface area contributed by atoms with Gasteiger partial charge in [0.15, 0.2) is 0 Å². The van der Waals surface area contributed by atoms with Crippen LogP contribution in [0.5, 0.6) is 5.75 Å². The number of hydrogen-bond acceptors (Lipinski definition) is 4. The molecular weight excluding hydrogens is 424 g/mol. The fourth-order valence-corrected chi connectivity index (χ4v) is 5.43. The van der Waals surface area contributed by atoms with Crippen LogP contribution < -0.4 is 4.74 Å². The molecule has 1 saturated heterocycles. The Morgan fingerprint density at radius 1 is 1.09 bits per heavy atom. The molecule has 5 heteroatoms. The molecule has 2 heterocycles. The Labute approximate surface area is 202 Å². The van der Waals surface area contributed by atoms with Crippen LogP contribution in [0.25, 0.3) is 10.9 Å². The van der Waals surface area contributed by atoms with E-state index < -0.39 is 5.97 Å². The zero-order chi connectivity index (χ0) is 23.8. The summed E-state index contributed by atoms with van der Waals surface area (Å²) >= 11 is 0. The van der Waals surface area contributed by atoms with Gasteiger partial charge in [-0.3, -0.25) is 9.78 Å². The Morgan fingerprint density at radius 3 is 2.74 bits per heavy atom. The molecule has 0 unspecified atom stereocenters. The molecule has 4 rings (SSSR count). The molecule has 1 aliphatic rings. The first kappa shape index (κ1) is 24.2. The molecule has 1 N–H and O–H groups in total. The number of aromatic nitrogens is 1. The van der Waals surface area contributed by atoms with Crippen molar-refractivity contribution in [3.05, 3.63) is 71.9 Å². The number of pyridine rings is 1. The molecule has 1 aromatic heterocycles. The van der Waals surface area contributed by atoms with E-state index in [-0.39, 0.29) is 12.3 Å². The van der Waals surface area contributed by atoms with E-state index in [2.05, 4.69) is 52.3 Å². The van der Waals surface area contributed by atoms with E-state index in [0.717, 1.165) is 74.8 Å². The van der Waals surface area contributed by atoms with Crippen molar-refractivity contribution in [1.29, 1.82) is 0 Å². The normalized spacial score (nSPS) is 18.7. The minimum Gasteiger partial charge on any atom is -0.497 e. The monoisotopic (exact) mass is 460 g/mol. The maximum Gasteiger partial charge on any atom is 0.303 e. The number of piperidine rings is 1. The van der Waals surface area contributed by atoms with Gasteiger partial charge in [0.2, 0.25) is 0 Å². The Bertz CT molecular complexity index is 1070. The van der Waals surface area contributed by atoms with Crippen molar-refractivity contribution in [3.8, 4) is 5.75 Å². The van der Waals surface area contributed by atoms with E-state index in [1.165, 1.54) is 11.1 Å². The lowest BCUT2D eigenvalue weighted by molar-refractivity contribution is -0.139. The molecule has 3 aromatic rings. The average molecular weight is 461 g/mol. The van der Waals surface area contributed by atoms with Crippen molar-refractivity contribution in [2.45, 2.75) is 44.9 Å². The Kier molecular flexibility index (Phi) is 8.53. The number of likely N-dealkylation sites (tertiary alicyclic amines) is 1. The highest BCUT2D eigenvalue weighted by Gasteiger charge is 2.30. The molecule has 1 aliphatic heterocycles. The number of aryl methyl sites for hydroxylation is 2. The SMILES string of the molecule is COc1ccc2nccc(CCC[C@@H]3CCN(CCCc4ccccc4)C[C@@H]3CC(=O)O)c2c1. The Balaban J connectivity index is 1.31. The summed E-state index contributed by atoms with van der Waals surface area (Å²) in [5.41, 5.74) is 3.66. The number of fused-ring (bicyclic) bond motifs is 1. The lowest BCUT2D eigenvalue weighted by Gasteiger charge is -2.38. The Hall–Kier alpha value is -2.92. The van der Waals surface area contributed by atoms with Crippen molar-refractivity contribution >= 4 is 16.9 Å². The van der Waals surface area contributed by atoms with Gasteiger partial charge >= 0.3 is 5.97 Å². The van der Waals surface area contributed by atoms with E-state index in [1.807, 2.05) is 18.3 Å². The highest BCUT2D eigenvalue weighted by molar-refractivity contribution is 5.83. The minimum absolute atomic E-state index is 0.234. The third-order valence-corrected chi connectivity index (χ3v) is 7.25. The van der Waals surface area contributed by atoms with Gasteiger partial charge in [-0.1, -0.05) is 30.3 Å². The maximum atomic E-state index is 11.6. The molecule has 180 valence electrons. The first-order chi connectivity index (χ1) is 16.6. The number of carboxylic acid groups (broad SMARTS) is 1. The summed E-state index contributed by atoms with van der Waals surface area (Å²) in [6.45, 7) is 3.02. The van der Waals surface area contributed by atoms with Crippen LogP contribution in [0.4, 0.5) is 0 Å². The predicted molar refractivity (Wildman–Crippen MR) is 136 cm³/mol. The summed E-state index contributed by atoms with van der Waals surface area (Å²) in [7, 11) is 1.69. The Morgan fingerprint density at radius 2 is 1.94 bits per heavy atom. The number of carbonyl (C=O) groups is 1. The first-order valence-corrected chi connectivity index (χ1v) is 12.5. The molecule has 2 aromatic carbocycles. The molecule has 0 bridgehead atoms. The van der Waals surface area contributed by atoms with E-state index in [1.54, 1.807) is 7.11 Å². The van der Waals surface area contributed by atoms with Gasteiger partial charge < -0.3 is 14.7 Å². The quantitative estimate of drug-likeness (QED) is 0.403. The number of hydrogen-bond donors (Lipinski definition) is 1. The summed E-state index contributed by atoms with van der Waals surface area (Å²) in [6, 6.07) is 18.7. The van der Waals surface area contributed by atoms with E-state index in [0.29, 0.717) is 5.92 Å². The average Bonchev–Trinajstić information content (AvgIpc) is 2.85. The lowest BCUT2D eigenvalue weighted by Crippen LogP contribution is -2.41. The maximum absolute atomic E-state index is 11.6. The minimum atomic E-state index is -0.673. The molecule has 34 heavy (non-hydrogen) atoms. The molecule has 1 fully saturated rings. The van der Waals surface area contributed by atoms with Crippen molar-refractivity contribution in [1.82, 2.24) is 9.88 Å². The second kappa shape index (κ2) is 12.0. The summed E-state index contributed by atoms with van der Waals surface area (Å²) in [5, 5.41) is 10.7.